The van der Waals surface area contributed by atoms with E-state index in [1.807, 2.05) is 65.6 Å². The zero-order valence-electron chi connectivity index (χ0n) is 16.1. The van der Waals surface area contributed by atoms with Crippen molar-refractivity contribution >= 4 is 17.5 Å². The molecule has 1 fully saturated rings. The molecule has 2 aromatic carbocycles. The Morgan fingerprint density at radius 2 is 1.55 bits per heavy atom. The highest BCUT2D eigenvalue weighted by atomic mass is 16.2. The molecule has 0 spiro atoms. The molecule has 1 N–H and O–H groups in total. The van der Waals surface area contributed by atoms with Gasteiger partial charge in [-0.15, -0.1) is 0 Å². The van der Waals surface area contributed by atoms with Crippen LogP contribution in [0.5, 0.6) is 0 Å². The number of benzene rings is 2. The van der Waals surface area contributed by atoms with Gasteiger partial charge in [0.15, 0.2) is 0 Å². The predicted octanol–water partition coefficient (Wildman–Crippen LogP) is 2.27. The molecule has 0 atom stereocenters. The van der Waals surface area contributed by atoms with Crippen LogP contribution in [0.25, 0.3) is 5.69 Å². The molecular formula is C22H23N5O2. The molecule has 148 valence electrons. The standard InChI is InChI=1S/C22H23N5O2/c28-21(24-19-7-3-1-4-8-19)17-25-11-13-26(14-12-25)22(29)18-15-23-27(16-18)20-9-5-2-6-10-20/h1-10,15-16H,11-14,17H2,(H,24,28). The zero-order valence-corrected chi connectivity index (χ0v) is 16.1. The maximum atomic E-state index is 12.8. The molecule has 0 bridgehead atoms. The van der Waals surface area contributed by atoms with E-state index in [0.717, 1.165) is 11.4 Å². The monoisotopic (exact) mass is 389 g/mol. The van der Waals surface area contributed by atoms with E-state index in [-0.39, 0.29) is 11.8 Å². The third-order valence-electron chi connectivity index (χ3n) is 4.93. The summed E-state index contributed by atoms with van der Waals surface area (Å²) in [6.07, 6.45) is 3.37. The van der Waals surface area contributed by atoms with E-state index in [2.05, 4.69) is 15.3 Å². The SMILES string of the molecule is O=C(CN1CCN(C(=O)c2cnn(-c3ccccc3)c2)CC1)Nc1ccccc1. The Morgan fingerprint density at radius 3 is 2.24 bits per heavy atom. The lowest BCUT2D eigenvalue weighted by Gasteiger charge is -2.34. The first-order valence-electron chi connectivity index (χ1n) is 9.66. The molecule has 7 heteroatoms. The van der Waals surface area contributed by atoms with Crippen molar-refractivity contribution in [3.63, 3.8) is 0 Å². The van der Waals surface area contributed by atoms with Gasteiger partial charge in [-0.2, -0.15) is 5.10 Å². The van der Waals surface area contributed by atoms with Crippen molar-refractivity contribution in [2.24, 2.45) is 0 Å². The lowest BCUT2D eigenvalue weighted by molar-refractivity contribution is -0.117. The van der Waals surface area contributed by atoms with Crippen molar-refractivity contribution in [2.75, 3.05) is 38.0 Å². The summed E-state index contributed by atoms with van der Waals surface area (Å²) < 4.78 is 1.71. The van der Waals surface area contributed by atoms with Crippen LogP contribution in [0.15, 0.2) is 73.1 Å². The van der Waals surface area contributed by atoms with E-state index in [9.17, 15) is 9.59 Å². The van der Waals surface area contributed by atoms with Crippen LogP contribution in [0.3, 0.4) is 0 Å². The Balaban J connectivity index is 1.29. The first-order valence-corrected chi connectivity index (χ1v) is 9.66. The number of carbonyl (C=O) groups excluding carboxylic acids is 2. The summed E-state index contributed by atoms with van der Waals surface area (Å²) in [6, 6.07) is 19.1. The maximum Gasteiger partial charge on any atom is 0.257 e. The second-order valence-electron chi connectivity index (χ2n) is 6.99. The van der Waals surface area contributed by atoms with E-state index in [1.54, 1.807) is 17.1 Å². The number of hydrogen-bond acceptors (Lipinski definition) is 4. The van der Waals surface area contributed by atoms with Gasteiger partial charge in [-0.1, -0.05) is 36.4 Å². The van der Waals surface area contributed by atoms with E-state index in [1.165, 1.54) is 0 Å². The number of aromatic nitrogens is 2. The van der Waals surface area contributed by atoms with Gasteiger partial charge < -0.3 is 10.2 Å². The summed E-state index contributed by atoms with van der Waals surface area (Å²) in [5.74, 6) is -0.0688. The minimum atomic E-state index is -0.0416. The van der Waals surface area contributed by atoms with E-state index < -0.39 is 0 Å². The second kappa shape index (κ2) is 8.70. The summed E-state index contributed by atoms with van der Waals surface area (Å²) in [4.78, 5) is 28.9. The maximum absolute atomic E-state index is 12.8. The van der Waals surface area contributed by atoms with E-state index in [0.29, 0.717) is 38.3 Å². The quantitative estimate of drug-likeness (QED) is 0.727. The number of anilines is 1. The van der Waals surface area contributed by atoms with Crippen LogP contribution in [0, 0.1) is 0 Å². The molecule has 1 aliphatic heterocycles. The van der Waals surface area contributed by atoms with Gasteiger partial charge in [0, 0.05) is 38.1 Å². The summed E-state index contributed by atoms with van der Waals surface area (Å²) in [5, 5.41) is 7.20. The van der Waals surface area contributed by atoms with Crippen molar-refractivity contribution < 1.29 is 9.59 Å². The van der Waals surface area contributed by atoms with Gasteiger partial charge in [0.2, 0.25) is 5.91 Å². The number of nitrogens with one attached hydrogen (secondary N) is 1. The molecule has 1 aromatic heterocycles. The third-order valence-corrected chi connectivity index (χ3v) is 4.93. The normalized spacial score (nSPS) is 14.6. The lowest BCUT2D eigenvalue weighted by atomic mass is 10.2. The van der Waals surface area contributed by atoms with Gasteiger partial charge in [0.05, 0.1) is 24.0 Å². The van der Waals surface area contributed by atoms with Crippen LogP contribution in [0.1, 0.15) is 10.4 Å². The highest BCUT2D eigenvalue weighted by molar-refractivity contribution is 5.94. The summed E-state index contributed by atoms with van der Waals surface area (Å²) in [7, 11) is 0. The van der Waals surface area contributed by atoms with Gasteiger partial charge in [-0.25, -0.2) is 4.68 Å². The lowest BCUT2D eigenvalue weighted by Crippen LogP contribution is -2.50. The number of nitrogens with zero attached hydrogens (tertiary/aromatic N) is 4. The molecular weight excluding hydrogens is 366 g/mol. The fourth-order valence-electron chi connectivity index (χ4n) is 3.37. The average molecular weight is 389 g/mol. The van der Waals surface area contributed by atoms with Crippen molar-refractivity contribution in [3.05, 3.63) is 78.6 Å². The molecule has 1 aliphatic rings. The van der Waals surface area contributed by atoms with Gasteiger partial charge in [-0.3, -0.25) is 14.5 Å². The van der Waals surface area contributed by atoms with E-state index >= 15 is 0 Å². The summed E-state index contributed by atoms with van der Waals surface area (Å²) in [5.41, 5.74) is 2.28. The molecule has 0 aliphatic carbocycles. The number of amides is 2. The van der Waals surface area contributed by atoms with Crippen LogP contribution < -0.4 is 5.32 Å². The van der Waals surface area contributed by atoms with Crippen molar-refractivity contribution in [1.29, 1.82) is 0 Å². The topological polar surface area (TPSA) is 70.5 Å². The Bertz CT molecular complexity index is 963. The second-order valence-corrected chi connectivity index (χ2v) is 6.99. The van der Waals surface area contributed by atoms with Crippen molar-refractivity contribution in [1.82, 2.24) is 19.6 Å². The molecule has 4 rings (SSSR count). The van der Waals surface area contributed by atoms with Gasteiger partial charge in [-0.05, 0) is 24.3 Å². The Hall–Kier alpha value is -3.45. The molecule has 0 unspecified atom stereocenters. The molecule has 29 heavy (non-hydrogen) atoms. The molecule has 7 nitrogen and oxygen atoms in total. The molecule has 0 saturated carbocycles. The largest absolute Gasteiger partial charge is 0.336 e. The third kappa shape index (κ3) is 4.70. The molecule has 3 aromatic rings. The first-order chi connectivity index (χ1) is 14.2. The Labute approximate surface area is 169 Å². The van der Waals surface area contributed by atoms with E-state index in [4.69, 9.17) is 0 Å². The van der Waals surface area contributed by atoms with Crippen LogP contribution >= 0.6 is 0 Å². The number of piperazine rings is 1. The number of carbonyl (C=O) groups is 2. The Morgan fingerprint density at radius 1 is 0.897 bits per heavy atom. The van der Waals surface area contributed by atoms with Gasteiger partial charge in [0.1, 0.15) is 0 Å². The van der Waals surface area contributed by atoms with Gasteiger partial charge >= 0.3 is 0 Å². The van der Waals surface area contributed by atoms with Crippen LogP contribution in [0.4, 0.5) is 5.69 Å². The molecule has 1 saturated heterocycles. The minimum Gasteiger partial charge on any atom is -0.336 e. The Kier molecular flexibility index (Phi) is 5.67. The van der Waals surface area contributed by atoms with Crippen LogP contribution in [-0.2, 0) is 4.79 Å². The summed E-state index contributed by atoms with van der Waals surface area (Å²) in [6.45, 7) is 2.84. The van der Waals surface area contributed by atoms with Crippen LogP contribution in [-0.4, -0.2) is 64.1 Å². The molecule has 2 amide bonds. The van der Waals surface area contributed by atoms with Crippen molar-refractivity contribution in [3.8, 4) is 5.69 Å². The molecule has 0 radical (unpaired) electrons. The average Bonchev–Trinajstić information content (AvgIpc) is 3.25. The molecule has 2 heterocycles. The highest BCUT2D eigenvalue weighted by Crippen LogP contribution is 2.12. The highest BCUT2D eigenvalue weighted by Gasteiger charge is 2.24. The number of para-hydroxylation sites is 2. The zero-order chi connectivity index (χ0) is 20.1. The minimum absolute atomic E-state index is 0.0273. The van der Waals surface area contributed by atoms with Gasteiger partial charge in [0.25, 0.3) is 5.91 Å². The fraction of sp³-hybridized carbons (Fsp3) is 0.227. The first kappa shape index (κ1) is 18.9. The fourth-order valence-corrected chi connectivity index (χ4v) is 3.37. The summed E-state index contributed by atoms with van der Waals surface area (Å²) >= 11 is 0. The van der Waals surface area contributed by atoms with Crippen molar-refractivity contribution in [2.45, 2.75) is 0 Å². The number of rotatable bonds is 5. The number of hydrogen-bond donors (Lipinski definition) is 1. The predicted molar refractivity (Wildman–Crippen MR) is 111 cm³/mol. The smallest absolute Gasteiger partial charge is 0.257 e. The van der Waals surface area contributed by atoms with Crippen LogP contribution in [0.2, 0.25) is 0 Å².